The molecular formula is C18H29FN2O. The molecule has 1 unspecified atom stereocenters. The van der Waals surface area contributed by atoms with Gasteiger partial charge >= 0.3 is 0 Å². The Morgan fingerprint density at radius 2 is 2.09 bits per heavy atom. The van der Waals surface area contributed by atoms with E-state index in [0.717, 1.165) is 38.0 Å². The summed E-state index contributed by atoms with van der Waals surface area (Å²) in [6.45, 7) is 7.58. The second-order valence-corrected chi connectivity index (χ2v) is 6.53. The largest absolute Gasteiger partial charge is 0.393 e. The molecule has 1 fully saturated rings. The number of halogens is 1. The number of aliphatic hydroxyl groups excluding tert-OH is 1. The Bertz CT molecular complexity index is 458. The number of nitrogens with zero attached hydrogens (tertiary/aromatic N) is 1. The van der Waals surface area contributed by atoms with Crippen LogP contribution in [0.3, 0.4) is 0 Å². The molecule has 1 atom stereocenters. The van der Waals surface area contributed by atoms with Crippen LogP contribution < -0.4 is 10.2 Å². The second-order valence-electron chi connectivity index (χ2n) is 6.53. The Morgan fingerprint density at radius 1 is 1.36 bits per heavy atom. The van der Waals surface area contributed by atoms with E-state index < -0.39 is 0 Å². The van der Waals surface area contributed by atoms with E-state index in [1.54, 1.807) is 6.07 Å². The average Bonchev–Trinajstić information content (AvgIpc) is 2.49. The van der Waals surface area contributed by atoms with Crippen LogP contribution in [0.15, 0.2) is 18.2 Å². The molecule has 1 aliphatic rings. The minimum absolute atomic E-state index is 0.155. The van der Waals surface area contributed by atoms with Gasteiger partial charge in [-0.25, -0.2) is 4.39 Å². The highest BCUT2D eigenvalue weighted by atomic mass is 19.1. The molecule has 0 radical (unpaired) electrons. The lowest BCUT2D eigenvalue weighted by Gasteiger charge is -2.31. The smallest absolute Gasteiger partial charge is 0.146 e. The third-order valence-corrected chi connectivity index (χ3v) is 4.42. The first-order valence-corrected chi connectivity index (χ1v) is 8.52. The van der Waals surface area contributed by atoms with Gasteiger partial charge in [-0.2, -0.15) is 0 Å². The second kappa shape index (κ2) is 8.49. The summed E-state index contributed by atoms with van der Waals surface area (Å²) in [6.07, 6.45) is 3.64. The van der Waals surface area contributed by atoms with Gasteiger partial charge in [0.05, 0.1) is 11.8 Å². The molecule has 0 bridgehead atoms. The topological polar surface area (TPSA) is 35.5 Å². The molecule has 0 saturated carbocycles. The van der Waals surface area contributed by atoms with Crippen LogP contribution in [0, 0.1) is 11.7 Å². The molecule has 124 valence electrons. The van der Waals surface area contributed by atoms with Crippen LogP contribution in [-0.4, -0.2) is 30.8 Å². The maximum atomic E-state index is 14.3. The predicted molar refractivity (Wildman–Crippen MR) is 89.6 cm³/mol. The Hall–Kier alpha value is -1.13. The van der Waals surface area contributed by atoms with Gasteiger partial charge in [0.2, 0.25) is 0 Å². The van der Waals surface area contributed by atoms with Crippen molar-refractivity contribution in [2.75, 3.05) is 24.5 Å². The minimum atomic E-state index is -0.229. The number of piperidine rings is 1. The lowest BCUT2D eigenvalue weighted by atomic mass is 10.1. The van der Waals surface area contributed by atoms with Gasteiger partial charge in [-0.15, -0.1) is 0 Å². The molecule has 0 amide bonds. The van der Waals surface area contributed by atoms with E-state index in [4.69, 9.17) is 0 Å². The third kappa shape index (κ3) is 4.96. The molecule has 0 aromatic heterocycles. The highest BCUT2D eigenvalue weighted by Crippen LogP contribution is 2.24. The summed E-state index contributed by atoms with van der Waals surface area (Å²) >= 11 is 0. The lowest BCUT2D eigenvalue weighted by molar-refractivity contribution is 0.145. The normalized spacial score (nSPS) is 17.7. The Morgan fingerprint density at radius 3 is 2.73 bits per heavy atom. The molecule has 1 heterocycles. The zero-order valence-electron chi connectivity index (χ0n) is 13.8. The summed E-state index contributed by atoms with van der Waals surface area (Å²) in [5, 5.41) is 12.9. The quantitative estimate of drug-likeness (QED) is 0.811. The molecule has 3 nitrogen and oxygen atoms in total. The first kappa shape index (κ1) is 17.2. The number of aliphatic hydroxyl groups is 1. The number of anilines is 1. The van der Waals surface area contributed by atoms with Crippen LogP contribution >= 0.6 is 0 Å². The zero-order valence-corrected chi connectivity index (χ0v) is 13.8. The number of hydrogen-bond donors (Lipinski definition) is 2. The summed E-state index contributed by atoms with van der Waals surface area (Å²) in [6, 6.07) is 5.51. The van der Waals surface area contributed by atoms with Crippen molar-refractivity contribution in [1.29, 1.82) is 0 Å². The van der Waals surface area contributed by atoms with Gasteiger partial charge in [0.15, 0.2) is 0 Å². The molecule has 1 aliphatic heterocycles. The van der Waals surface area contributed by atoms with Crippen molar-refractivity contribution in [3.05, 3.63) is 29.6 Å². The highest BCUT2D eigenvalue weighted by Gasteiger charge is 2.19. The predicted octanol–water partition coefficient (Wildman–Crippen LogP) is 3.31. The van der Waals surface area contributed by atoms with Crippen LogP contribution in [0.2, 0.25) is 0 Å². The fraction of sp³-hybridized carbons (Fsp3) is 0.667. The van der Waals surface area contributed by atoms with Gasteiger partial charge < -0.3 is 15.3 Å². The van der Waals surface area contributed by atoms with Gasteiger partial charge in [-0.05, 0) is 49.4 Å². The highest BCUT2D eigenvalue weighted by molar-refractivity contribution is 5.49. The molecule has 1 aromatic carbocycles. The fourth-order valence-corrected chi connectivity index (χ4v) is 3.08. The minimum Gasteiger partial charge on any atom is -0.393 e. The molecule has 22 heavy (non-hydrogen) atoms. The maximum absolute atomic E-state index is 14.3. The van der Waals surface area contributed by atoms with Crippen molar-refractivity contribution in [3.63, 3.8) is 0 Å². The van der Waals surface area contributed by atoms with E-state index in [2.05, 4.69) is 19.2 Å². The number of nitrogens with one attached hydrogen (secondary N) is 1. The van der Waals surface area contributed by atoms with E-state index in [1.165, 1.54) is 12.8 Å². The van der Waals surface area contributed by atoms with Crippen molar-refractivity contribution >= 4 is 5.69 Å². The van der Waals surface area contributed by atoms with Crippen LogP contribution in [0.4, 0.5) is 10.1 Å². The van der Waals surface area contributed by atoms with Crippen molar-refractivity contribution < 1.29 is 9.50 Å². The van der Waals surface area contributed by atoms with Crippen LogP contribution in [0.1, 0.15) is 45.1 Å². The van der Waals surface area contributed by atoms with Crippen LogP contribution in [0.25, 0.3) is 0 Å². The first-order chi connectivity index (χ1) is 10.6. The Labute approximate surface area is 133 Å². The van der Waals surface area contributed by atoms with Crippen molar-refractivity contribution in [2.24, 2.45) is 5.92 Å². The van der Waals surface area contributed by atoms with E-state index in [9.17, 15) is 9.50 Å². The molecule has 0 aliphatic carbocycles. The summed E-state index contributed by atoms with van der Waals surface area (Å²) in [5.41, 5.74) is 1.65. The van der Waals surface area contributed by atoms with Gasteiger partial charge in [-0.3, -0.25) is 0 Å². The average molecular weight is 308 g/mol. The standard InChI is InChI=1S/C18H29FN2O/c1-3-4-14(2)12-20-13-15-5-6-18(17(19)11-15)21-9-7-16(22)8-10-21/h5-6,11,14,16,20,22H,3-4,7-10,12-13H2,1-2H3. The molecule has 4 heteroatoms. The van der Waals surface area contributed by atoms with Crippen LogP contribution in [-0.2, 0) is 6.54 Å². The fourth-order valence-electron chi connectivity index (χ4n) is 3.08. The molecular weight excluding hydrogens is 279 g/mol. The van der Waals surface area contributed by atoms with Crippen molar-refractivity contribution in [1.82, 2.24) is 5.32 Å². The summed E-state index contributed by atoms with van der Waals surface area (Å²) in [5.74, 6) is 0.506. The van der Waals surface area contributed by atoms with Gasteiger partial charge in [0.1, 0.15) is 5.82 Å². The van der Waals surface area contributed by atoms with E-state index >= 15 is 0 Å². The van der Waals surface area contributed by atoms with Gasteiger partial charge in [0, 0.05) is 19.6 Å². The monoisotopic (exact) mass is 308 g/mol. The zero-order chi connectivity index (χ0) is 15.9. The molecule has 1 saturated heterocycles. The molecule has 2 rings (SSSR count). The first-order valence-electron chi connectivity index (χ1n) is 8.52. The van der Waals surface area contributed by atoms with Crippen LogP contribution in [0.5, 0.6) is 0 Å². The number of hydrogen-bond acceptors (Lipinski definition) is 3. The molecule has 2 N–H and O–H groups in total. The van der Waals surface area contributed by atoms with E-state index in [1.807, 2.05) is 17.0 Å². The summed E-state index contributed by atoms with van der Waals surface area (Å²) in [4.78, 5) is 2.03. The summed E-state index contributed by atoms with van der Waals surface area (Å²) < 4.78 is 14.3. The van der Waals surface area contributed by atoms with E-state index in [-0.39, 0.29) is 11.9 Å². The van der Waals surface area contributed by atoms with Gasteiger partial charge in [-0.1, -0.05) is 26.3 Å². The molecule has 0 spiro atoms. The van der Waals surface area contributed by atoms with Crippen molar-refractivity contribution in [3.8, 4) is 0 Å². The third-order valence-electron chi connectivity index (χ3n) is 4.42. The number of benzene rings is 1. The lowest BCUT2D eigenvalue weighted by Crippen LogP contribution is -2.36. The number of rotatable bonds is 7. The SMILES string of the molecule is CCCC(C)CNCc1ccc(N2CCC(O)CC2)c(F)c1. The van der Waals surface area contributed by atoms with Crippen molar-refractivity contribution in [2.45, 2.75) is 52.2 Å². The maximum Gasteiger partial charge on any atom is 0.146 e. The molecule has 1 aromatic rings. The van der Waals surface area contributed by atoms with Gasteiger partial charge in [0.25, 0.3) is 0 Å². The Balaban J connectivity index is 1.86. The van der Waals surface area contributed by atoms with E-state index in [0.29, 0.717) is 18.2 Å². The Kier molecular flexibility index (Phi) is 6.65. The summed E-state index contributed by atoms with van der Waals surface area (Å²) in [7, 11) is 0.